The topological polar surface area (TPSA) is 12.9 Å². The van der Waals surface area contributed by atoms with Crippen LogP contribution in [0.2, 0.25) is 5.02 Å². The number of halogens is 4. The van der Waals surface area contributed by atoms with E-state index >= 15 is 0 Å². The standard InChI is InChI=1S/C8H3ClF3N/c1-2-5-4-13-7(3-6(5)9)8(10,11)12/h1,3-4H. The number of hydrogen-bond acceptors (Lipinski definition) is 1. The maximum Gasteiger partial charge on any atom is 0.433 e. The minimum atomic E-state index is -4.49. The summed E-state index contributed by atoms with van der Waals surface area (Å²) in [5, 5.41) is -0.121. The third-order valence-electron chi connectivity index (χ3n) is 1.30. The lowest BCUT2D eigenvalue weighted by Crippen LogP contribution is -2.07. The number of rotatable bonds is 0. The molecule has 5 heteroatoms. The van der Waals surface area contributed by atoms with Crippen LogP contribution in [0.4, 0.5) is 13.2 Å². The molecule has 1 aromatic heterocycles. The van der Waals surface area contributed by atoms with Gasteiger partial charge in [0, 0.05) is 6.20 Å². The van der Waals surface area contributed by atoms with E-state index in [0.717, 1.165) is 6.20 Å². The highest BCUT2D eigenvalue weighted by Crippen LogP contribution is 2.29. The zero-order chi connectivity index (χ0) is 10.1. The lowest BCUT2D eigenvalue weighted by molar-refractivity contribution is -0.141. The molecular weight excluding hydrogens is 203 g/mol. The van der Waals surface area contributed by atoms with E-state index in [1.54, 1.807) is 0 Å². The molecule has 0 radical (unpaired) electrons. The first-order valence-electron chi connectivity index (χ1n) is 3.14. The maximum atomic E-state index is 12.0. The summed E-state index contributed by atoms with van der Waals surface area (Å²) in [4.78, 5) is 3.13. The number of aromatic nitrogens is 1. The number of pyridine rings is 1. The first-order chi connectivity index (χ1) is 5.95. The minimum absolute atomic E-state index is 0.121. The predicted molar refractivity (Wildman–Crippen MR) is 42.2 cm³/mol. The van der Waals surface area contributed by atoms with E-state index in [2.05, 4.69) is 10.9 Å². The van der Waals surface area contributed by atoms with Crippen LogP contribution < -0.4 is 0 Å². The minimum Gasteiger partial charge on any atom is -0.250 e. The zero-order valence-electron chi connectivity index (χ0n) is 6.19. The molecule has 0 atom stereocenters. The van der Waals surface area contributed by atoms with Crippen LogP contribution in [0.25, 0.3) is 0 Å². The van der Waals surface area contributed by atoms with Crippen molar-refractivity contribution in [2.24, 2.45) is 0 Å². The molecule has 1 heterocycles. The fourth-order valence-electron chi connectivity index (χ4n) is 0.692. The summed E-state index contributed by atoms with van der Waals surface area (Å²) in [6.07, 6.45) is 1.39. The van der Waals surface area contributed by atoms with Gasteiger partial charge in [0.05, 0.1) is 10.6 Å². The highest BCUT2D eigenvalue weighted by molar-refractivity contribution is 6.31. The number of nitrogens with zero attached hydrogens (tertiary/aromatic N) is 1. The molecule has 0 spiro atoms. The molecule has 0 aliphatic carbocycles. The van der Waals surface area contributed by atoms with Crippen LogP contribution in [0.15, 0.2) is 12.3 Å². The Bertz CT molecular complexity index is 365. The van der Waals surface area contributed by atoms with Crippen molar-refractivity contribution in [3.8, 4) is 12.3 Å². The Hall–Kier alpha value is -1.21. The molecule has 0 saturated heterocycles. The second kappa shape index (κ2) is 3.27. The number of terminal acetylenes is 1. The maximum absolute atomic E-state index is 12.0. The van der Waals surface area contributed by atoms with Crippen molar-refractivity contribution in [2.75, 3.05) is 0 Å². The molecule has 0 bridgehead atoms. The van der Waals surface area contributed by atoms with Gasteiger partial charge in [0.25, 0.3) is 0 Å². The van der Waals surface area contributed by atoms with Crippen molar-refractivity contribution >= 4 is 11.6 Å². The summed E-state index contributed by atoms with van der Waals surface area (Å²) in [5.41, 5.74) is -0.897. The molecule has 0 aliphatic heterocycles. The average Bonchev–Trinajstić information content (AvgIpc) is 2.02. The van der Waals surface area contributed by atoms with Crippen LogP contribution in [0, 0.1) is 12.3 Å². The van der Waals surface area contributed by atoms with Gasteiger partial charge in [0.2, 0.25) is 0 Å². The molecule has 68 valence electrons. The van der Waals surface area contributed by atoms with Crippen LogP contribution in [0.1, 0.15) is 11.3 Å². The highest BCUT2D eigenvalue weighted by Gasteiger charge is 2.32. The second-order valence-electron chi connectivity index (χ2n) is 2.19. The van der Waals surface area contributed by atoms with E-state index in [4.69, 9.17) is 18.0 Å². The van der Waals surface area contributed by atoms with Gasteiger partial charge in [-0.2, -0.15) is 13.2 Å². The summed E-state index contributed by atoms with van der Waals surface area (Å²) in [5.74, 6) is 2.11. The number of hydrogen-bond donors (Lipinski definition) is 0. The Morgan fingerprint density at radius 3 is 2.46 bits per heavy atom. The lowest BCUT2D eigenvalue weighted by atomic mass is 10.2. The number of alkyl halides is 3. The normalized spacial score (nSPS) is 11.0. The van der Waals surface area contributed by atoms with Crippen molar-refractivity contribution < 1.29 is 13.2 Å². The fraction of sp³-hybridized carbons (Fsp3) is 0.125. The average molecular weight is 206 g/mol. The fourth-order valence-corrected chi connectivity index (χ4v) is 0.899. The third-order valence-corrected chi connectivity index (χ3v) is 1.61. The van der Waals surface area contributed by atoms with Gasteiger partial charge in [0.15, 0.2) is 0 Å². The quantitative estimate of drug-likeness (QED) is 0.594. The Morgan fingerprint density at radius 1 is 1.46 bits per heavy atom. The molecule has 0 unspecified atom stereocenters. The second-order valence-corrected chi connectivity index (χ2v) is 2.60. The van der Waals surface area contributed by atoms with Gasteiger partial charge in [-0.3, -0.25) is 4.98 Å². The largest absolute Gasteiger partial charge is 0.433 e. The van der Waals surface area contributed by atoms with E-state index < -0.39 is 11.9 Å². The van der Waals surface area contributed by atoms with Gasteiger partial charge >= 0.3 is 6.18 Å². The lowest BCUT2D eigenvalue weighted by Gasteiger charge is -2.05. The van der Waals surface area contributed by atoms with Gasteiger partial charge < -0.3 is 0 Å². The van der Waals surface area contributed by atoms with Gasteiger partial charge in [-0.1, -0.05) is 17.5 Å². The highest BCUT2D eigenvalue weighted by atomic mass is 35.5. The van der Waals surface area contributed by atoms with Crippen LogP contribution in [0.3, 0.4) is 0 Å². The molecule has 0 N–H and O–H groups in total. The molecule has 0 saturated carbocycles. The van der Waals surface area contributed by atoms with Crippen molar-refractivity contribution in [1.29, 1.82) is 0 Å². The summed E-state index contributed by atoms with van der Waals surface area (Å²) >= 11 is 5.45. The molecule has 0 amide bonds. The zero-order valence-corrected chi connectivity index (χ0v) is 6.95. The molecule has 0 aliphatic rings. The van der Waals surface area contributed by atoms with Crippen LogP contribution in [0.5, 0.6) is 0 Å². The van der Waals surface area contributed by atoms with E-state index in [9.17, 15) is 13.2 Å². The first-order valence-corrected chi connectivity index (χ1v) is 3.52. The Morgan fingerprint density at radius 2 is 2.08 bits per heavy atom. The summed E-state index contributed by atoms with van der Waals surface area (Å²) in [7, 11) is 0. The Kier molecular flexibility index (Phi) is 2.48. The van der Waals surface area contributed by atoms with Gasteiger partial charge in [-0.15, -0.1) is 6.42 Å². The van der Waals surface area contributed by atoms with Gasteiger partial charge in [-0.25, -0.2) is 0 Å². The molecular formula is C8H3ClF3N. The van der Waals surface area contributed by atoms with Crippen LogP contribution in [-0.2, 0) is 6.18 Å². The van der Waals surface area contributed by atoms with E-state index in [1.807, 2.05) is 0 Å². The summed E-state index contributed by atoms with van der Waals surface area (Å²) in [6.45, 7) is 0. The summed E-state index contributed by atoms with van der Waals surface area (Å²) in [6, 6.07) is 0.705. The monoisotopic (exact) mass is 205 g/mol. The molecule has 1 nitrogen and oxygen atoms in total. The van der Waals surface area contributed by atoms with Crippen molar-refractivity contribution in [2.45, 2.75) is 6.18 Å². The third kappa shape index (κ3) is 2.13. The molecule has 0 aromatic carbocycles. The van der Waals surface area contributed by atoms with Gasteiger partial charge in [-0.05, 0) is 6.07 Å². The van der Waals surface area contributed by atoms with E-state index in [0.29, 0.717) is 6.07 Å². The molecule has 1 aromatic rings. The van der Waals surface area contributed by atoms with Gasteiger partial charge in [0.1, 0.15) is 5.69 Å². The Labute approximate surface area is 77.5 Å². The van der Waals surface area contributed by atoms with Crippen LogP contribution >= 0.6 is 11.6 Å². The van der Waals surface area contributed by atoms with E-state index in [1.165, 1.54) is 0 Å². The van der Waals surface area contributed by atoms with Crippen molar-refractivity contribution in [3.63, 3.8) is 0 Å². The Balaban J connectivity index is 3.20. The van der Waals surface area contributed by atoms with Crippen LogP contribution in [-0.4, -0.2) is 4.98 Å². The molecule has 0 fully saturated rings. The summed E-state index contributed by atoms with van der Waals surface area (Å²) < 4.78 is 36.1. The van der Waals surface area contributed by atoms with Crippen molar-refractivity contribution in [3.05, 3.63) is 28.5 Å². The smallest absolute Gasteiger partial charge is 0.250 e. The molecule has 1 rings (SSSR count). The van der Waals surface area contributed by atoms with Crippen molar-refractivity contribution in [1.82, 2.24) is 4.98 Å². The van der Waals surface area contributed by atoms with E-state index in [-0.39, 0.29) is 10.6 Å². The predicted octanol–water partition coefficient (Wildman–Crippen LogP) is 2.74. The molecule has 13 heavy (non-hydrogen) atoms. The first kappa shape index (κ1) is 9.87. The SMILES string of the molecule is C#Cc1cnc(C(F)(F)F)cc1Cl.